The van der Waals surface area contributed by atoms with Gasteiger partial charge in [0.05, 0.1) is 0 Å². The second-order valence-electron chi connectivity index (χ2n) is 6.91. The van der Waals surface area contributed by atoms with Gasteiger partial charge in [-0.15, -0.1) is 0 Å². The zero-order valence-electron chi connectivity index (χ0n) is 13.1. The van der Waals surface area contributed by atoms with Crippen molar-refractivity contribution in [2.24, 2.45) is 5.41 Å². The number of hydrogen-bond donors (Lipinski definition) is 1. The lowest BCUT2D eigenvalue weighted by molar-refractivity contribution is -0.433. The predicted octanol–water partition coefficient (Wildman–Crippen LogP) is 5.42. The molecule has 0 saturated heterocycles. The van der Waals surface area contributed by atoms with E-state index in [2.05, 4.69) is 34.5 Å². The average Bonchev–Trinajstić information content (AvgIpc) is 2.96. The normalized spacial score (nSPS) is 26.1. The Hall–Kier alpha value is -1.27. The molecule has 0 aliphatic heterocycles. The van der Waals surface area contributed by atoms with Gasteiger partial charge in [0.15, 0.2) is 0 Å². The van der Waals surface area contributed by atoms with Crippen LogP contribution < -0.4 is 4.18 Å². The Morgan fingerprint density at radius 2 is 2.13 bits per heavy atom. The molecule has 0 spiro atoms. The molecule has 2 atom stereocenters. The van der Waals surface area contributed by atoms with Crippen molar-refractivity contribution in [2.45, 2.75) is 44.9 Å². The zero-order chi connectivity index (χ0) is 15.9. The van der Waals surface area contributed by atoms with Crippen molar-refractivity contribution in [2.75, 3.05) is 0 Å². The highest BCUT2D eigenvalue weighted by molar-refractivity contribution is 7.90. The number of hydrogen-bond acceptors (Lipinski definition) is 5. The van der Waals surface area contributed by atoms with Crippen LogP contribution in [0.5, 0.6) is 5.75 Å². The predicted molar refractivity (Wildman–Crippen MR) is 90.0 cm³/mol. The van der Waals surface area contributed by atoms with Crippen molar-refractivity contribution in [1.82, 2.24) is 0 Å². The van der Waals surface area contributed by atoms with Gasteiger partial charge in [0.1, 0.15) is 5.75 Å². The lowest BCUT2D eigenvalue weighted by atomic mass is 9.66. The van der Waals surface area contributed by atoms with Gasteiger partial charge in [0.2, 0.25) is 0 Å². The second kappa shape index (κ2) is 5.98. The highest BCUT2D eigenvalue weighted by atomic mass is 32.2. The second-order valence-corrected chi connectivity index (χ2v) is 7.35. The standard InChI is InChI=1S/C18H20O4S/c1-18-9-2-3-17(18)16-6-4-12-11-13(20-23-22-21-19)5-7-14(12)15(16)8-10-18/h4-7,11,17,19H,2-3,8-10H2,1H3. The number of fused-ring (bicyclic) bond motifs is 5. The van der Waals surface area contributed by atoms with E-state index < -0.39 is 0 Å². The molecule has 2 unspecified atom stereocenters. The van der Waals surface area contributed by atoms with Gasteiger partial charge in [-0.1, -0.05) is 40.9 Å². The van der Waals surface area contributed by atoms with Gasteiger partial charge in [-0.05, 0) is 71.0 Å². The molecule has 0 aromatic heterocycles. The summed E-state index contributed by atoms with van der Waals surface area (Å²) in [5, 5.41) is 14.1. The number of aryl methyl sites for hydroxylation is 1. The number of benzene rings is 2. The van der Waals surface area contributed by atoms with Crippen LogP contribution in [0.15, 0.2) is 30.3 Å². The molecule has 0 radical (unpaired) electrons. The summed E-state index contributed by atoms with van der Waals surface area (Å²) >= 11 is 0.583. The Bertz CT molecular complexity index is 732. The summed E-state index contributed by atoms with van der Waals surface area (Å²) in [6, 6.07) is 10.6. The van der Waals surface area contributed by atoms with Crippen molar-refractivity contribution in [3.63, 3.8) is 0 Å². The lowest BCUT2D eigenvalue weighted by Crippen LogP contribution is -2.26. The van der Waals surface area contributed by atoms with Crippen LogP contribution >= 0.6 is 12.3 Å². The highest BCUT2D eigenvalue weighted by Gasteiger charge is 2.43. The van der Waals surface area contributed by atoms with E-state index in [0.29, 0.717) is 23.5 Å². The molecular formula is C18H20O4S. The van der Waals surface area contributed by atoms with E-state index in [1.165, 1.54) is 42.0 Å². The fourth-order valence-electron chi connectivity index (χ4n) is 4.59. The average molecular weight is 332 g/mol. The Morgan fingerprint density at radius 3 is 3.00 bits per heavy atom. The Morgan fingerprint density at radius 1 is 1.22 bits per heavy atom. The first-order chi connectivity index (χ1) is 11.2. The van der Waals surface area contributed by atoms with E-state index in [4.69, 9.17) is 9.44 Å². The minimum atomic E-state index is 0.502. The summed E-state index contributed by atoms with van der Waals surface area (Å²) in [5.41, 5.74) is 3.58. The lowest BCUT2D eigenvalue weighted by Gasteiger charge is -2.38. The Balaban J connectivity index is 1.70. The number of rotatable bonds is 4. The molecule has 2 aliphatic rings. The van der Waals surface area contributed by atoms with Crippen LogP contribution in [0.1, 0.15) is 49.7 Å². The van der Waals surface area contributed by atoms with E-state index in [1.54, 1.807) is 5.56 Å². The monoisotopic (exact) mass is 332 g/mol. The minimum absolute atomic E-state index is 0.502. The molecule has 5 heteroatoms. The van der Waals surface area contributed by atoms with E-state index in [1.807, 2.05) is 12.1 Å². The molecule has 1 saturated carbocycles. The van der Waals surface area contributed by atoms with Gasteiger partial charge in [0, 0.05) is 0 Å². The molecule has 122 valence electrons. The summed E-state index contributed by atoms with van der Waals surface area (Å²) < 4.78 is 9.54. The third kappa shape index (κ3) is 2.62. The first-order valence-corrected chi connectivity index (χ1v) is 8.75. The zero-order valence-corrected chi connectivity index (χ0v) is 13.9. The van der Waals surface area contributed by atoms with Crippen molar-refractivity contribution < 1.29 is 18.8 Å². The van der Waals surface area contributed by atoms with E-state index >= 15 is 0 Å². The molecule has 4 nitrogen and oxygen atoms in total. The molecular weight excluding hydrogens is 312 g/mol. The topological polar surface area (TPSA) is 47.9 Å². The summed E-state index contributed by atoms with van der Waals surface area (Å²) in [6.07, 6.45) is 6.50. The van der Waals surface area contributed by atoms with Gasteiger partial charge < -0.3 is 4.18 Å². The van der Waals surface area contributed by atoms with Crippen LogP contribution in [0.4, 0.5) is 0 Å². The SMILES string of the molecule is CC12CCCC1c1ccc3cc(OSOOO)ccc3c1CC2. The first-order valence-electron chi connectivity index (χ1n) is 8.08. The quantitative estimate of drug-likeness (QED) is 0.350. The molecule has 2 aromatic rings. The van der Waals surface area contributed by atoms with Crippen molar-refractivity contribution in [3.8, 4) is 5.75 Å². The molecule has 23 heavy (non-hydrogen) atoms. The van der Waals surface area contributed by atoms with Gasteiger partial charge in [-0.25, -0.2) is 5.26 Å². The smallest absolute Gasteiger partial charge is 0.261 e. The third-order valence-corrected chi connectivity index (χ3v) is 6.11. The maximum absolute atomic E-state index is 8.12. The van der Waals surface area contributed by atoms with E-state index in [0.717, 1.165) is 12.3 Å². The van der Waals surface area contributed by atoms with Gasteiger partial charge >= 0.3 is 0 Å². The Kier molecular flexibility index (Phi) is 3.97. The molecule has 1 N–H and O–H groups in total. The Labute approximate surface area is 140 Å². The van der Waals surface area contributed by atoms with E-state index in [9.17, 15) is 0 Å². The van der Waals surface area contributed by atoms with Crippen LogP contribution in [0.2, 0.25) is 0 Å². The van der Waals surface area contributed by atoms with Crippen LogP contribution in [-0.4, -0.2) is 5.26 Å². The summed E-state index contributed by atoms with van der Waals surface area (Å²) in [7, 11) is 0. The maximum Gasteiger partial charge on any atom is 0.261 e. The molecule has 4 rings (SSSR count). The third-order valence-electron chi connectivity index (χ3n) is 5.73. The largest absolute Gasteiger partial charge is 0.399 e. The van der Waals surface area contributed by atoms with E-state index in [-0.39, 0.29) is 0 Å². The molecule has 2 aromatic carbocycles. The first kappa shape index (κ1) is 15.3. The van der Waals surface area contributed by atoms with Gasteiger partial charge in [0.25, 0.3) is 12.3 Å². The van der Waals surface area contributed by atoms with Crippen LogP contribution in [0.25, 0.3) is 10.8 Å². The summed E-state index contributed by atoms with van der Waals surface area (Å²) in [6.45, 7) is 2.47. The molecule has 1 fully saturated rings. The molecule has 0 bridgehead atoms. The van der Waals surface area contributed by atoms with Gasteiger partial charge in [-0.3, -0.25) is 0 Å². The summed E-state index contributed by atoms with van der Waals surface area (Å²) in [4.78, 5) is 0. The molecule has 0 heterocycles. The van der Waals surface area contributed by atoms with Crippen LogP contribution in [0, 0.1) is 5.41 Å². The highest BCUT2D eigenvalue weighted by Crippen LogP contribution is 2.56. The van der Waals surface area contributed by atoms with Crippen molar-refractivity contribution >= 4 is 23.1 Å². The molecule has 0 amide bonds. The van der Waals surface area contributed by atoms with Crippen LogP contribution in [-0.2, 0) is 15.8 Å². The molecule has 2 aliphatic carbocycles. The van der Waals surface area contributed by atoms with Crippen LogP contribution in [0.3, 0.4) is 0 Å². The summed E-state index contributed by atoms with van der Waals surface area (Å²) in [5.74, 6) is 1.39. The van der Waals surface area contributed by atoms with Crippen molar-refractivity contribution in [1.29, 1.82) is 0 Å². The van der Waals surface area contributed by atoms with Gasteiger partial charge in [-0.2, -0.15) is 0 Å². The fraction of sp³-hybridized carbons (Fsp3) is 0.444. The van der Waals surface area contributed by atoms with Crippen molar-refractivity contribution in [3.05, 3.63) is 41.5 Å². The maximum atomic E-state index is 8.12. The minimum Gasteiger partial charge on any atom is -0.399 e. The fourth-order valence-corrected chi connectivity index (χ4v) is 4.82.